The number of carbonyl (C=O) groups excluding carboxylic acids is 1. The fourth-order valence-electron chi connectivity index (χ4n) is 1.36. The van der Waals surface area contributed by atoms with Crippen molar-refractivity contribution in [3.8, 4) is 11.8 Å². The lowest BCUT2D eigenvalue weighted by atomic mass is 9.88. The normalized spacial score (nSPS) is 13.1. The molecular weight excluding hydrogens is 228 g/mol. The van der Waals surface area contributed by atoms with Crippen LogP contribution in [0.3, 0.4) is 0 Å². The van der Waals surface area contributed by atoms with Crippen LogP contribution >= 0.6 is 0 Å². The molecule has 1 aromatic rings. The molecule has 0 radical (unpaired) electrons. The van der Waals surface area contributed by atoms with E-state index in [1.54, 1.807) is 13.8 Å². The molecule has 18 heavy (non-hydrogen) atoms. The summed E-state index contributed by atoms with van der Waals surface area (Å²) in [6, 6.07) is 9.52. The highest BCUT2D eigenvalue weighted by Crippen LogP contribution is 2.22. The van der Waals surface area contributed by atoms with E-state index < -0.39 is 11.4 Å². The van der Waals surface area contributed by atoms with Crippen LogP contribution < -0.4 is 0 Å². The minimum Gasteiger partial charge on any atom is -0.465 e. The Morgan fingerprint density at radius 1 is 1.39 bits per heavy atom. The molecule has 0 aromatic heterocycles. The zero-order valence-electron chi connectivity index (χ0n) is 10.8. The average Bonchev–Trinajstić information content (AvgIpc) is 2.40. The van der Waals surface area contributed by atoms with Gasteiger partial charge in [0.1, 0.15) is 0 Å². The molecular formula is C15H18O3. The number of esters is 1. The van der Waals surface area contributed by atoms with E-state index in [0.717, 1.165) is 5.56 Å². The van der Waals surface area contributed by atoms with E-state index in [2.05, 4.69) is 11.8 Å². The molecule has 0 spiro atoms. The van der Waals surface area contributed by atoms with Crippen LogP contribution in [0.15, 0.2) is 30.3 Å². The number of aliphatic hydroxyl groups is 1. The Bertz CT molecular complexity index is 442. The number of hydrogen-bond donors (Lipinski definition) is 1. The van der Waals surface area contributed by atoms with Gasteiger partial charge in [-0.05, 0) is 26.0 Å². The van der Waals surface area contributed by atoms with Gasteiger partial charge < -0.3 is 9.84 Å². The second kappa shape index (κ2) is 6.83. The van der Waals surface area contributed by atoms with Gasteiger partial charge in [0, 0.05) is 12.0 Å². The van der Waals surface area contributed by atoms with Crippen LogP contribution in [0.1, 0.15) is 25.8 Å². The molecule has 0 amide bonds. The number of aliphatic hydroxyl groups excluding tert-OH is 1. The first-order valence-electron chi connectivity index (χ1n) is 5.94. The maximum Gasteiger partial charge on any atom is 0.315 e. The van der Waals surface area contributed by atoms with Crippen molar-refractivity contribution in [1.29, 1.82) is 0 Å². The van der Waals surface area contributed by atoms with Crippen molar-refractivity contribution < 1.29 is 14.6 Å². The van der Waals surface area contributed by atoms with Crippen molar-refractivity contribution in [2.75, 3.05) is 13.2 Å². The Hall–Kier alpha value is -1.79. The summed E-state index contributed by atoms with van der Waals surface area (Å²) in [6.45, 7) is 3.44. The Kier molecular flexibility index (Phi) is 5.41. The van der Waals surface area contributed by atoms with Crippen molar-refractivity contribution in [3.63, 3.8) is 0 Å². The van der Waals surface area contributed by atoms with Crippen LogP contribution in [0.2, 0.25) is 0 Å². The van der Waals surface area contributed by atoms with Crippen molar-refractivity contribution in [2.24, 2.45) is 5.41 Å². The van der Waals surface area contributed by atoms with Crippen LogP contribution in [0.4, 0.5) is 0 Å². The fraction of sp³-hybridized carbons (Fsp3) is 0.400. The van der Waals surface area contributed by atoms with Crippen LogP contribution in [-0.2, 0) is 9.53 Å². The highest BCUT2D eigenvalue weighted by molar-refractivity contribution is 5.77. The van der Waals surface area contributed by atoms with Crippen LogP contribution in [0, 0.1) is 17.3 Å². The molecule has 0 heterocycles. The lowest BCUT2D eigenvalue weighted by Crippen LogP contribution is -2.33. The molecule has 0 bridgehead atoms. The lowest BCUT2D eigenvalue weighted by Gasteiger charge is -2.21. The van der Waals surface area contributed by atoms with Crippen molar-refractivity contribution in [2.45, 2.75) is 20.3 Å². The summed E-state index contributed by atoms with van der Waals surface area (Å²) in [5.74, 6) is 5.48. The third kappa shape index (κ3) is 3.90. The van der Waals surface area contributed by atoms with Gasteiger partial charge in [-0.1, -0.05) is 30.0 Å². The highest BCUT2D eigenvalue weighted by atomic mass is 16.5. The maximum absolute atomic E-state index is 11.7. The second-order valence-electron chi connectivity index (χ2n) is 4.28. The van der Waals surface area contributed by atoms with E-state index in [4.69, 9.17) is 4.74 Å². The Labute approximate surface area is 108 Å². The molecule has 0 aliphatic heterocycles. The average molecular weight is 246 g/mol. The molecule has 0 aliphatic carbocycles. The van der Waals surface area contributed by atoms with E-state index in [-0.39, 0.29) is 13.0 Å². The van der Waals surface area contributed by atoms with Crippen LogP contribution in [0.5, 0.6) is 0 Å². The third-order valence-corrected chi connectivity index (χ3v) is 2.60. The van der Waals surface area contributed by atoms with E-state index in [1.807, 2.05) is 30.3 Å². The molecule has 0 fully saturated rings. The number of rotatable bonds is 4. The zero-order valence-corrected chi connectivity index (χ0v) is 10.8. The maximum atomic E-state index is 11.7. The summed E-state index contributed by atoms with van der Waals surface area (Å²) in [5.41, 5.74) is -0.0562. The van der Waals surface area contributed by atoms with E-state index >= 15 is 0 Å². The summed E-state index contributed by atoms with van der Waals surface area (Å²) in [7, 11) is 0. The molecule has 0 saturated carbocycles. The van der Waals surface area contributed by atoms with E-state index in [9.17, 15) is 9.90 Å². The Balaban J connectivity index is 2.70. The molecule has 1 N–H and O–H groups in total. The third-order valence-electron chi connectivity index (χ3n) is 2.60. The zero-order chi connectivity index (χ0) is 13.4. The molecule has 3 heteroatoms. The minimum atomic E-state index is -0.947. The van der Waals surface area contributed by atoms with Gasteiger partial charge in [-0.2, -0.15) is 0 Å². The van der Waals surface area contributed by atoms with Crippen LogP contribution in [-0.4, -0.2) is 24.3 Å². The Morgan fingerprint density at radius 2 is 2.06 bits per heavy atom. The number of hydrogen-bond acceptors (Lipinski definition) is 3. The number of benzene rings is 1. The second-order valence-corrected chi connectivity index (χ2v) is 4.28. The van der Waals surface area contributed by atoms with Gasteiger partial charge in [-0.15, -0.1) is 0 Å². The number of carbonyl (C=O) groups is 1. The van der Waals surface area contributed by atoms with Gasteiger partial charge >= 0.3 is 5.97 Å². The molecule has 1 aromatic carbocycles. The van der Waals surface area contributed by atoms with Gasteiger partial charge in [0.25, 0.3) is 0 Å². The predicted molar refractivity (Wildman–Crippen MR) is 69.8 cm³/mol. The first kappa shape index (κ1) is 14.3. The summed E-state index contributed by atoms with van der Waals surface area (Å²) >= 11 is 0. The van der Waals surface area contributed by atoms with Crippen molar-refractivity contribution in [1.82, 2.24) is 0 Å². The summed E-state index contributed by atoms with van der Waals surface area (Å²) in [5, 5.41) is 9.31. The minimum absolute atomic E-state index is 0.269. The standard InChI is InChI=1S/C15H18O3/c1-3-18-14(17)15(2,12-16)11-7-10-13-8-5-4-6-9-13/h4-6,8-9,16H,3,11-12H2,1-2H3/t15-/m0/s1. The molecule has 1 rings (SSSR count). The summed E-state index contributed by atoms with van der Waals surface area (Å²) in [4.78, 5) is 11.7. The van der Waals surface area contributed by atoms with Crippen LogP contribution in [0.25, 0.3) is 0 Å². The van der Waals surface area contributed by atoms with Gasteiger partial charge in [-0.25, -0.2) is 0 Å². The SMILES string of the molecule is CCOC(=O)[C@](C)(CO)CC#Cc1ccccc1. The summed E-state index contributed by atoms with van der Waals surface area (Å²) in [6.07, 6.45) is 0.275. The highest BCUT2D eigenvalue weighted by Gasteiger charge is 2.33. The van der Waals surface area contributed by atoms with Crippen molar-refractivity contribution >= 4 is 5.97 Å². The largest absolute Gasteiger partial charge is 0.465 e. The first-order valence-corrected chi connectivity index (χ1v) is 5.94. The lowest BCUT2D eigenvalue weighted by molar-refractivity contribution is -0.156. The van der Waals surface area contributed by atoms with Gasteiger partial charge in [0.15, 0.2) is 0 Å². The molecule has 0 saturated heterocycles. The topological polar surface area (TPSA) is 46.5 Å². The molecule has 3 nitrogen and oxygen atoms in total. The fourth-order valence-corrected chi connectivity index (χ4v) is 1.36. The van der Waals surface area contributed by atoms with Gasteiger partial charge in [0.2, 0.25) is 0 Å². The predicted octanol–water partition coefficient (Wildman–Crippen LogP) is 1.99. The smallest absolute Gasteiger partial charge is 0.315 e. The first-order chi connectivity index (χ1) is 8.62. The number of ether oxygens (including phenoxy) is 1. The van der Waals surface area contributed by atoms with Gasteiger partial charge in [-0.3, -0.25) is 4.79 Å². The van der Waals surface area contributed by atoms with E-state index in [1.165, 1.54) is 0 Å². The molecule has 0 unspecified atom stereocenters. The summed E-state index contributed by atoms with van der Waals surface area (Å²) < 4.78 is 4.93. The molecule has 1 atom stereocenters. The quantitative estimate of drug-likeness (QED) is 0.653. The van der Waals surface area contributed by atoms with Crippen molar-refractivity contribution in [3.05, 3.63) is 35.9 Å². The van der Waals surface area contributed by atoms with E-state index in [0.29, 0.717) is 6.61 Å². The van der Waals surface area contributed by atoms with Gasteiger partial charge in [0.05, 0.1) is 18.6 Å². The molecule has 0 aliphatic rings. The molecule has 96 valence electrons. The Morgan fingerprint density at radius 3 is 2.61 bits per heavy atom. The monoisotopic (exact) mass is 246 g/mol.